The van der Waals surface area contributed by atoms with Crippen LogP contribution in [0.1, 0.15) is 30.5 Å². The number of alkyl halides is 2. The predicted octanol–water partition coefficient (Wildman–Crippen LogP) is 3.06. The van der Waals surface area contributed by atoms with E-state index in [2.05, 4.69) is 9.73 Å². The van der Waals surface area contributed by atoms with Crippen LogP contribution in [-0.2, 0) is 0 Å². The summed E-state index contributed by atoms with van der Waals surface area (Å²) in [6.45, 7) is -1.04. The smallest absolute Gasteiger partial charge is 0.387 e. The van der Waals surface area contributed by atoms with Crippen molar-refractivity contribution in [3.8, 4) is 11.5 Å². The van der Waals surface area contributed by atoms with Gasteiger partial charge >= 0.3 is 6.61 Å². The molecule has 0 spiro atoms. The van der Waals surface area contributed by atoms with E-state index in [4.69, 9.17) is 4.74 Å². The van der Waals surface area contributed by atoms with E-state index in [1.165, 1.54) is 17.4 Å². The van der Waals surface area contributed by atoms with Crippen molar-refractivity contribution in [1.82, 2.24) is 4.57 Å². The number of halogens is 2. The van der Waals surface area contributed by atoms with Crippen molar-refractivity contribution in [3.63, 3.8) is 0 Å². The molecule has 0 N–H and O–H groups in total. The van der Waals surface area contributed by atoms with Crippen LogP contribution in [0.25, 0.3) is 6.08 Å². The summed E-state index contributed by atoms with van der Waals surface area (Å²) < 4.78 is 38.2. The molecule has 0 amide bonds. The molecule has 5 nitrogen and oxygen atoms in total. The summed E-state index contributed by atoms with van der Waals surface area (Å²) in [7, 11) is 0. The van der Waals surface area contributed by atoms with Gasteiger partial charge in [0.25, 0.3) is 5.56 Å². The van der Waals surface area contributed by atoms with Crippen molar-refractivity contribution in [2.75, 3.05) is 0 Å². The molecule has 2 bridgehead atoms. The quantitative estimate of drug-likeness (QED) is 0.662. The summed E-state index contributed by atoms with van der Waals surface area (Å²) in [6.07, 6.45) is 2.13. The summed E-state index contributed by atoms with van der Waals surface area (Å²) in [5.74, 6) is 0.745. The molecular formula is C21H16F2N2O3S. The van der Waals surface area contributed by atoms with Gasteiger partial charge in [-0.15, -0.1) is 0 Å². The van der Waals surface area contributed by atoms with Gasteiger partial charge < -0.3 is 9.47 Å². The lowest BCUT2D eigenvalue weighted by Crippen LogP contribution is -2.49. The van der Waals surface area contributed by atoms with Crippen molar-refractivity contribution in [2.24, 2.45) is 4.99 Å². The Kier molecular flexibility index (Phi) is 4.06. The molecule has 2 aromatic carbocycles. The van der Waals surface area contributed by atoms with Crippen molar-refractivity contribution in [1.29, 1.82) is 0 Å². The molecule has 0 fully saturated rings. The van der Waals surface area contributed by atoms with Gasteiger partial charge in [0.05, 0.1) is 10.6 Å². The Bertz CT molecular complexity index is 1280. The molecule has 0 saturated heterocycles. The van der Waals surface area contributed by atoms with Crippen molar-refractivity contribution >= 4 is 17.4 Å². The lowest BCUT2D eigenvalue weighted by Gasteiger charge is -2.39. The highest BCUT2D eigenvalue weighted by molar-refractivity contribution is 7.07. The second kappa shape index (κ2) is 6.52. The molecule has 3 heterocycles. The van der Waals surface area contributed by atoms with Gasteiger partial charge in [0.2, 0.25) is 5.72 Å². The van der Waals surface area contributed by atoms with Gasteiger partial charge in [-0.1, -0.05) is 47.7 Å². The molecule has 2 atom stereocenters. The molecule has 0 aliphatic carbocycles. The van der Waals surface area contributed by atoms with E-state index in [9.17, 15) is 13.6 Å². The lowest BCUT2D eigenvalue weighted by atomic mass is 9.93. The minimum atomic E-state index is -2.94. The van der Waals surface area contributed by atoms with Gasteiger partial charge in [-0.05, 0) is 25.1 Å². The summed E-state index contributed by atoms with van der Waals surface area (Å²) in [4.78, 5) is 18.5. The predicted molar refractivity (Wildman–Crippen MR) is 104 cm³/mol. The highest BCUT2D eigenvalue weighted by Crippen LogP contribution is 2.42. The molecule has 29 heavy (non-hydrogen) atoms. The molecule has 2 aliphatic rings. The third kappa shape index (κ3) is 3.04. The van der Waals surface area contributed by atoms with Crippen LogP contribution in [0.5, 0.6) is 11.5 Å². The highest BCUT2D eigenvalue weighted by Gasteiger charge is 2.42. The van der Waals surface area contributed by atoms with Gasteiger partial charge in [-0.25, -0.2) is 4.99 Å². The zero-order valence-electron chi connectivity index (χ0n) is 15.3. The molecule has 1 aromatic heterocycles. The number of ether oxygens (including phenoxy) is 2. The number of rotatable bonds is 3. The first kappa shape index (κ1) is 18.1. The minimum absolute atomic E-state index is 0.0228. The number of hydrogen-bond donors (Lipinski definition) is 0. The van der Waals surface area contributed by atoms with Gasteiger partial charge in [0.1, 0.15) is 11.5 Å². The monoisotopic (exact) mass is 414 g/mol. The van der Waals surface area contributed by atoms with Crippen LogP contribution in [0.3, 0.4) is 0 Å². The fraction of sp³-hybridized carbons (Fsp3) is 0.238. The maximum Gasteiger partial charge on any atom is 0.387 e. The van der Waals surface area contributed by atoms with Gasteiger partial charge in [0.15, 0.2) is 4.80 Å². The lowest BCUT2D eigenvalue weighted by molar-refractivity contribution is -0.0499. The topological polar surface area (TPSA) is 52.8 Å². The molecule has 0 radical (unpaired) electrons. The molecule has 0 saturated carbocycles. The van der Waals surface area contributed by atoms with Crippen LogP contribution >= 0.6 is 11.3 Å². The van der Waals surface area contributed by atoms with E-state index in [0.29, 0.717) is 21.3 Å². The van der Waals surface area contributed by atoms with E-state index < -0.39 is 12.3 Å². The van der Waals surface area contributed by atoms with E-state index >= 15 is 0 Å². The van der Waals surface area contributed by atoms with Crippen molar-refractivity contribution in [2.45, 2.75) is 31.7 Å². The second-order valence-corrected chi connectivity index (χ2v) is 8.14. The number of hydrogen-bond acceptors (Lipinski definition) is 5. The highest BCUT2D eigenvalue weighted by atomic mass is 32.1. The number of aromatic nitrogens is 1. The van der Waals surface area contributed by atoms with Crippen LogP contribution in [0, 0.1) is 0 Å². The normalized spacial score (nSPS) is 22.5. The Morgan fingerprint density at radius 1 is 1.28 bits per heavy atom. The van der Waals surface area contributed by atoms with Crippen LogP contribution in [0.4, 0.5) is 8.78 Å². The Hall–Kier alpha value is -3.00. The Balaban J connectivity index is 1.70. The molecular weight excluding hydrogens is 398 g/mol. The fourth-order valence-corrected chi connectivity index (χ4v) is 5.00. The van der Waals surface area contributed by atoms with Crippen molar-refractivity contribution in [3.05, 3.63) is 79.3 Å². The first-order chi connectivity index (χ1) is 13.9. The summed E-state index contributed by atoms with van der Waals surface area (Å²) in [5.41, 5.74) is 0.401. The van der Waals surface area contributed by atoms with E-state index in [1.807, 2.05) is 31.2 Å². The number of fused-ring (bicyclic) bond motifs is 6. The summed E-state index contributed by atoms with van der Waals surface area (Å²) in [5, 5.41) is 0. The molecule has 3 aromatic rings. The molecule has 2 unspecified atom stereocenters. The van der Waals surface area contributed by atoms with Gasteiger partial charge in [-0.3, -0.25) is 9.36 Å². The summed E-state index contributed by atoms with van der Waals surface area (Å²) in [6, 6.07) is 13.8. The maximum atomic E-state index is 13.2. The van der Waals surface area contributed by atoms with Crippen LogP contribution < -0.4 is 24.4 Å². The Morgan fingerprint density at radius 3 is 2.86 bits per heavy atom. The van der Waals surface area contributed by atoms with Gasteiger partial charge in [-0.2, -0.15) is 8.78 Å². The summed E-state index contributed by atoms with van der Waals surface area (Å²) >= 11 is 1.22. The molecule has 8 heteroatoms. The third-order valence-corrected chi connectivity index (χ3v) is 6.07. The minimum Gasteiger partial charge on any atom is -0.466 e. The molecule has 148 valence electrons. The van der Waals surface area contributed by atoms with Crippen LogP contribution in [0.15, 0.2) is 58.3 Å². The fourth-order valence-electron chi connectivity index (χ4n) is 3.88. The van der Waals surface area contributed by atoms with Crippen LogP contribution in [0.2, 0.25) is 0 Å². The number of thiazole rings is 1. The zero-order chi connectivity index (χ0) is 20.2. The number of nitrogens with zero attached hydrogens (tertiary/aromatic N) is 2. The third-order valence-electron chi connectivity index (χ3n) is 5.08. The average molecular weight is 414 g/mol. The zero-order valence-corrected chi connectivity index (χ0v) is 16.2. The van der Waals surface area contributed by atoms with Crippen LogP contribution in [-0.4, -0.2) is 16.9 Å². The molecule has 5 rings (SSSR count). The average Bonchev–Trinajstić information content (AvgIpc) is 2.97. The Labute approximate surface area is 168 Å². The van der Waals surface area contributed by atoms with Crippen molar-refractivity contribution < 1.29 is 18.3 Å². The van der Waals surface area contributed by atoms with Gasteiger partial charge in [0, 0.05) is 17.5 Å². The SMILES string of the molecule is CC12CC(c3ccccc3O1)n1c(s/c(=C\c3ccccc3OC(F)F)c1=O)=N2. The number of benzene rings is 2. The maximum absolute atomic E-state index is 13.2. The Morgan fingerprint density at radius 2 is 2.03 bits per heavy atom. The van der Waals surface area contributed by atoms with E-state index in [-0.39, 0.29) is 17.4 Å². The largest absolute Gasteiger partial charge is 0.466 e. The second-order valence-electron chi connectivity index (χ2n) is 7.13. The molecule has 2 aliphatic heterocycles. The van der Waals surface area contributed by atoms with E-state index in [1.54, 1.807) is 28.8 Å². The first-order valence-corrected chi connectivity index (χ1v) is 9.90. The first-order valence-electron chi connectivity index (χ1n) is 9.08. The van der Waals surface area contributed by atoms with E-state index in [0.717, 1.165) is 11.3 Å². The standard InChI is InChI=1S/C21H16F2N2O3S/c1-21-11-14(13-7-3-5-9-16(13)28-21)25-18(26)17(29-20(25)24-21)10-12-6-2-4-8-15(12)27-19(22)23/h2-10,14,19H,11H2,1H3/b17-10-. The number of para-hydroxylation sites is 2.